The minimum Gasteiger partial charge on any atom is -0.489 e. The molecule has 0 saturated carbocycles. The van der Waals surface area contributed by atoms with Gasteiger partial charge in [-0.05, 0) is 53.1 Å². The van der Waals surface area contributed by atoms with E-state index in [0.717, 1.165) is 11.1 Å². The van der Waals surface area contributed by atoms with Gasteiger partial charge >= 0.3 is 0 Å². The van der Waals surface area contributed by atoms with Crippen LogP contribution in [0.25, 0.3) is 0 Å². The number of ether oxygens (including phenoxy) is 1. The molecular weight excluding hydrogens is 471 g/mol. The highest BCUT2D eigenvalue weighted by atomic mass is 35.5. The average molecular weight is 493 g/mol. The van der Waals surface area contributed by atoms with Crippen molar-refractivity contribution in [3.05, 3.63) is 100 Å². The van der Waals surface area contributed by atoms with Crippen molar-refractivity contribution in [2.45, 2.75) is 19.2 Å². The summed E-state index contributed by atoms with van der Waals surface area (Å²) in [5.41, 5.74) is 2.06. The summed E-state index contributed by atoms with van der Waals surface area (Å²) in [5, 5.41) is 5.75. The fourth-order valence-electron chi connectivity index (χ4n) is 3.03. The number of carbonyl (C=O) groups excluding carboxylic acids is 1. The van der Waals surface area contributed by atoms with Crippen molar-refractivity contribution in [3.8, 4) is 5.75 Å². The summed E-state index contributed by atoms with van der Waals surface area (Å²) in [4.78, 5) is 12.5. The highest BCUT2D eigenvalue weighted by Crippen LogP contribution is 2.19. The summed E-state index contributed by atoms with van der Waals surface area (Å²) in [6.45, 7) is 0.586. The Morgan fingerprint density at radius 2 is 1.76 bits per heavy atom. The number of hydrogen-bond donors (Lipinski definition) is 3. The molecule has 0 radical (unpaired) electrons. The zero-order chi connectivity index (χ0) is 23.8. The maximum Gasteiger partial charge on any atom is 0.283 e. The Hall–Kier alpha value is -2.98. The summed E-state index contributed by atoms with van der Waals surface area (Å²) in [6.07, 6.45) is 0. The van der Waals surface area contributed by atoms with Crippen LogP contribution in [0.5, 0.6) is 5.75 Å². The van der Waals surface area contributed by atoms with Crippen LogP contribution in [0.1, 0.15) is 22.7 Å². The second-order valence-corrected chi connectivity index (χ2v) is 9.09. The zero-order valence-corrected chi connectivity index (χ0v) is 18.9. The van der Waals surface area contributed by atoms with Gasteiger partial charge in [-0.3, -0.25) is 14.7 Å². The number of carbonyl (C=O) groups is 1. The maximum atomic E-state index is 13.7. The molecule has 3 N–H and O–H groups in total. The number of benzene rings is 3. The van der Waals surface area contributed by atoms with Gasteiger partial charge in [0.1, 0.15) is 30.1 Å². The first kappa shape index (κ1) is 24.7. The standard InChI is InChI=1S/C23H22ClFN2O5S/c24-19-5-1-3-17(11-19)14-32-21-9-7-16(8-10-21)13-26-22(18-4-2-6-20(25)12-18)23(28)27-15-33(29,30)31/h1-12,22,26H,13-15H2,(H,27,28)(H,29,30,31). The van der Waals surface area contributed by atoms with Gasteiger partial charge in [0.25, 0.3) is 10.1 Å². The number of amides is 1. The molecule has 0 bridgehead atoms. The van der Waals surface area contributed by atoms with Crippen molar-refractivity contribution in [3.63, 3.8) is 0 Å². The summed E-state index contributed by atoms with van der Waals surface area (Å²) < 4.78 is 50.2. The molecule has 0 aliphatic heterocycles. The molecule has 1 amide bonds. The Labute approximate surface area is 196 Å². The third-order valence-electron chi connectivity index (χ3n) is 4.60. The molecule has 0 aliphatic carbocycles. The molecular formula is C23H22ClFN2O5S. The molecule has 7 nitrogen and oxygen atoms in total. The molecule has 3 aromatic rings. The van der Waals surface area contributed by atoms with Crippen LogP contribution in [0.3, 0.4) is 0 Å². The predicted octanol–water partition coefficient (Wildman–Crippen LogP) is 3.85. The minimum atomic E-state index is -4.40. The molecule has 3 rings (SSSR count). The Bertz CT molecular complexity index is 1210. The van der Waals surface area contributed by atoms with Crippen LogP contribution in [-0.4, -0.2) is 24.8 Å². The van der Waals surface area contributed by atoms with Gasteiger partial charge in [0.15, 0.2) is 0 Å². The number of nitrogens with one attached hydrogen (secondary N) is 2. The van der Waals surface area contributed by atoms with Gasteiger partial charge in [0, 0.05) is 11.6 Å². The lowest BCUT2D eigenvalue weighted by Crippen LogP contribution is -2.39. The molecule has 174 valence electrons. The van der Waals surface area contributed by atoms with Crippen LogP contribution in [0.15, 0.2) is 72.8 Å². The van der Waals surface area contributed by atoms with Gasteiger partial charge < -0.3 is 10.1 Å². The summed E-state index contributed by atoms with van der Waals surface area (Å²) in [6, 6.07) is 18.9. The second kappa shape index (κ2) is 11.2. The smallest absolute Gasteiger partial charge is 0.283 e. The topological polar surface area (TPSA) is 105 Å². The molecule has 0 aromatic heterocycles. The van der Waals surface area contributed by atoms with Gasteiger partial charge in [-0.2, -0.15) is 8.42 Å². The summed E-state index contributed by atoms with van der Waals surface area (Å²) in [5.74, 6) is -1.56. The molecule has 3 aromatic carbocycles. The lowest BCUT2D eigenvalue weighted by Gasteiger charge is -2.19. The third-order valence-corrected chi connectivity index (χ3v) is 5.35. The third kappa shape index (κ3) is 8.14. The number of halogens is 2. The Balaban J connectivity index is 1.63. The predicted molar refractivity (Wildman–Crippen MR) is 123 cm³/mol. The van der Waals surface area contributed by atoms with E-state index in [1.807, 2.05) is 18.2 Å². The first-order valence-corrected chi connectivity index (χ1v) is 11.9. The fourth-order valence-corrected chi connectivity index (χ4v) is 3.57. The van der Waals surface area contributed by atoms with E-state index in [0.29, 0.717) is 22.9 Å². The van der Waals surface area contributed by atoms with Gasteiger partial charge in [0.05, 0.1) is 0 Å². The molecule has 0 heterocycles. The largest absolute Gasteiger partial charge is 0.489 e. The Morgan fingerprint density at radius 1 is 1.03 bits per heavy atom. The molecule has 0 saturated heterocycles. The van der Waals surface area contributed by atoms with E-state index in [4.69, 9.17) is 20.9 Å². The second-order valence-electron chi connectivity index (χ2n) is 7.20. The Kier molecular flexibility index (Phi) is 8.40. The van der Waals surface area contributed by atoms with E-state index in [2.05, 4.69) is 10.6 Å². The highest BCUT2D eigenvalue weighted by Gasteiger charge is 2.22. The lowest BCUT2D eigenvalue weighted by molar-refractivity contribution is -0.123. The maximum absolute atomic E-state index is 13.7. The first-order valence-electron chi connectivity index (χ1n) is 9.87. The van der Waals surface area contributed by atoms with Gasteiger partial charge in [-0.15, -0.1) is 0 Å². The fraction of sp³-hybridized carbons (Fsp3) is 0.174. The zero-order valence-electron chi connectivity index (χ0n) is 17.4. The molecule has 33 heavy (non-hydrogen) atoms. The van der Waals surface area contributed by atoms with Crippen molar-refractivity contribution in [1.82, 2.24) is 10.6 Å². The van der Waals surface area contributed by atoms with Crippen molar-refractivity contribution in [2.75, 3.05) is 5.88 Å². The molecule has 0 aliphatic rings. The lowest BCUT2D eigenvalue weighted by atomic mass is 10.1. The van der Waals surface area contributed by atoms with E-state index in [1.54, 1.807) is 36.4 Å². The van der Waals surface area contributed by atoms with Crippen LogP contribution in [0.4, 0.5) is 4.39 Å². The molecule has 1 unspecified atom stereocenters. The van der Waals surface area contributed by atoms with E-state index in [9.17, 15) is 17.6 Å². The van der Waals surface area contributed by atoms with Crippen LogP contribution >= 0.6 is 11.6 Å². The average Bonchev–Trinajstić information content (AvgIpc) is 2.77. The van der Waals surface area contributed by atoms with Crippen LogP contribution in [0.2, 0.25) is 5.02 Å². The van der Waals surface area contributed by atoms with Gasteiger partial charge in [-0.1, -0.05) is 48.0 Å². The molecule has 10 heteroatoms. The molecule has 1 atom stereocenters. The SMILES string of the molecule is O=C(NCS(=O)(=O)O)C(NCc1ccc(OCc2cccc(Cl)c2)cc1)c1cccc(F)c1. The van der Waals surface area contributed by atoms with E-state index >= 15 is 0 Å². The van der Waals surface area contributed by atoms with Crippen LogP contribution in [-0.2, 0) is 28.1 Å². The first-order chi connectivity index (χ1) is 15.7. The minimum absolute atomic E-state index is 0.231. The number of rotatable bonds is 10. The van der Waals surface area contributed by atoms with E-state index in [1.165, 1.54) is 18.2 Å². The molecule has 0 spiro atoms. The van der Waals surface area contributed by atoms with Crippen LogP contribution in [0, 0.1) is 5.82 Å². The quantitative estimate of drug-likeness (QED) is 0.371. The normalized spacial score (nSPS) is 12.2. The highest BCUT2D eigenvalue weighted by molar-refractivity contribution is 7.85. The van der Waals surface area contributed by atoms with Crippen molar-refractivity contribution in [2.24, 2.45) is 0 Å². The van der Waals surface area contributed by atoms with Crippen molar-refractivity contribution >= 4 is 27.6 Å². The van der Waals surface area contributed by atoms with Crippen molar-refractivity contribution < 1.29 is 26.9 Å². The summed E-state index contributed by atoms with van der Waals surface area (Å²) in [7, 11) is -4.40. The monoisotopic (exact) mass is 492 g/mol. The summed E-state index contributed by atoms with van der Waals surface area (Å²) >= 11 is 5.97. The van der Waals surface area contributed by atoms with Gasteiger partial charge in [-0.25, -0.2) is 4.39 Å². The van der Waals surface area contributed by atoms with Crippen LogP contribution < -0.4 is 15.4 Å². The van der Waals surface area contributed by atoms with E-state index in [-0.39, 0.29) is 6.54 Å². The molecule has 0 fully saturated rings. The van der Waals surface area contributed by atoms with Crippen molar-refractivity contribution in [1.29, 1.82) is 0 Å². The van der Waals surface area contributed by atoms with E-state index < -0.39 is 33.8 Å². The van der Waals surface area contributed by atoms with Gasteiger partial charge in [0.2, 0.25) is 5.91 Å². The number of hydrogen-bond acceptors (Lipinski definition) is 5. The Morgan fingerprint density at radius 3 is 2.42 bits per heavy atom.